The first-order chi connectivity index (χ1) is 13.9. The van der Waals surface area contributed by atoms with Crippen LogP contribution >= 0.6 is 0 Å². The van der Waals surface area contributed by atoms with Gasteiger partial charge in [0.25, 0.3) is 11.6 Å². The van der Waals surface area contributed by atoms with Crippen molar-refractivity contribution in [3.05, 3.63) is 64.2 Å². The summed E-state index contributed by atoms with van der Waals surface area (Å²) in [5, 5.41) is 14.7. The molecule has 1 saturated heterocycles. The van der Waals surface area contributed by atoms with E-state index in [1.807, 2.05) is 0 Å². The molecule has 0 unspecified atom stereocenters. The van der Waals surface area contributed by atoms with E-state index < -0.39 is 34.7 Å². The fraction of sp³-hybridized carbons (Fsp3) is 0.158. The monoisotopic (exact) mass is 395 g/mol. The van der Waals surface area contributed by atoms with Gasteiger partial charge in [0.2, 0.25) is 12.0 Å². The number of ether oxygens (including phenoxy) is 1. The van der Waals surface area contributed by atoms with Crippen molar-refractivity contribution in [3.63, 3.8) is 0 Å². The average molecular weight is 395 g/mol. The number of hydrogen-bond acceptors (Lipinski definition) is 8. The molecule has 29 heavy (non-hydrogen) atoms. The van der Waals surface area contributed by atoms with E-state index in [1.165, 1.54) is 55.5 Å². The normalized spacial score (nSPS) is 20.2. The van der Waals surface area contributed by atoms with Crippen molar-refractivity contribution in [1.82, 2.24) is 0 Å². The Bertz CT molecular complexity index is 1060. The molecule has 0 radical (unpaired) electrons. The van der Waals surface area contributed by atoms with Gasteiger partial charge in [-0.15, -0.1) is 0 Å². The number of nitrogens with zero attached hydrogens (tertiary/aromatic N) is 3. The number of esters is 1. The molecule has 0 aliphatic carbocycles. The molecule has 2 aliphatic heterocycles. The van der Waals surface area contributed by atoms with Crippen LogP contribution in [0.4, 0.5) is 11.4 Å². The first kappa shape index (κ1) is 18.3. The Morgan fingerprint density at radius 1 is 1.10 bits per heavy atom. The number of benzene rings is 2. The van der Waals surface area contributed by atoms with Crippen LogP contribution in [0.1, 0.15) is 12.5 Å². The number of non-ortho nitro benzene ring substituents is 1. The van der Waals surface area contributed by atoms with Crippen LogP contribution in [0.15, 0.2) is 53.7 Å². The topological polar surface area (TPSA) is 128 Å². The number of carbonyl (C=O) groups excluding carboxylic acids is 3. The van der Waals surface area contributed by atoms with Gasteiger partial charge in [-0.25, -0.2) is 4.90 Å². The van der Waals surface area contributed by atoms with Gasteiger partial charge in [-0.3, -0.25) is 24.5 Å². The van der Waals surface area contributed by atoms with Crippen molar-refractivity contribution in [2.75, 3.05) is 4.90 Å². The first-order valence-corrected chi connectivity index (χ1v) is 8.51. The minimum absolute atomic E-state index is 0.104. The summed E-state index contributed by atoms with van der Waals surface area (Å²) >= 11 is 0. The van der Waals surface area contributed by atoms with Crippen LogP contribution in [0, 0.1) is 16.0 Å². The molecular formula is C19H13N3O7. The molecule has 146 valence electrons. The van der Waals surface area contributed by atoms with Crippen LogP contribution in [-0.2, 0) is 19.2 Å². The van der Waals surface area contributed by atoms with Crippen LogP contribution in [0.5, 0.6) is 5.75 Å². The van der Waals surface area contributed by atoms with E-state index in [-0.39, 0.29) is 17.1 Å². The predicted octanol–water partition coefficient (Wildman–Crippen LogP) is 1.81. The van der Waals surface area contributed by atoms with Crippen LogP contribution in [-0.4, -0.2) is 34.5 Å². The highest BCUT2D eigenvalue weighted by molar-refractivity contribution is 6.32. The second-order valence-electron chi connectivity index (χ2n) is 6.38. The quantitative estimate of drug-likeness (QED) is 0.254. The number of anilines is 1. The number of fused-ring (bicyclic) bond motifs is 1. The zero-order valence-corrected chi connectivity index (χ0v) is 15.0. The lowest BCUT2D eigenvalue weighted by Gasteiger charge is -2.15. The number of amides is 2. The maximum Gasteiger partial charge on any atom is 0.308 e. The van der Waals surface area contributed by atoms with Crippen LogP contribution in [0.25, 0.3) is 0 Å². The van der Waals surface area contributed by atoms with Crippen LogP contribution in [0.3, 0.4) is 0 Å². The van der Waals surface area contributed by atoms with Gasteiger partial charge in [0.15, 0.2) is 0 Å². The Labute approximate surface area is 163 Å². The van der Waals surface area contributed by atoms with Crippen molar-refractivity contribution in [2.24, 2.45) is 11.1 Å². The smallest absolute Gasteiger partial charge is 0.308 e. The van der Waals surface area contributed by atoms with E-state index in [0.717, 1.165) is 4.90 Å². The highest BCUT2D eigenvalue weighted by Crippen LogP contribution is 2.35. The summed E-state index contributed by atoms with van der Waals surface area (Å²) in [6.07, 6.45) is -1.10. The number of oxime groups is 1. The minimum atomic E-state index is -1.10. The molecule has 10 heteroatoms. The molecule has 2 aliphatic rings. The molecule has 0 saturated carbocycles. The van der Waals surface area contributed by atoms with Gasteiger partial charge in [-0.05, 0) is 36.4 Å². The molecule has 0 bridgehead atoms. The second-order valence-corrected chi connectivity index (χ2v) is 6.38. The molecule has 10 nitrogen and oxygen atoms in total. The molecule has 0 aromatic heterocycles. The molecule has 2 aromatic carbocycles. The maximum atomic E-state index is 13.0. The van der Waals surface area contributed by atoms with Crippen molar-refractivity contribution in [1.29, 1.82) is 0 Å². The zero-order chi connectivity index (χ0) is 20.7. The standard InChI is InChI=1S/C19H13N3O7/c1-10(23)28-14-8-6-12(7-9-14)21-18(24)15-16(20-29-17(15)19(21)25)11-2-4-13(5-3-11)22(26)27/h2-9,15,17H,1H3/t15-,17-/m1/s1. The van der Waals surface area contributed by atoms with E-state index in [4.69, 9.17) is 9.57 Å². The van der Waals surface area contributed by atoms with E-state index in [9.17, 15) is 24.5 Å². The number of hydrogen-bond donors (Lipinski definition) is 0. The Morgan fingerprint density at radius 2 is 1.76 bits per heavy atom. The van der Waals surface area contributed by atoms with Gasteiger partial charge in [0.05, 0.1) is 10.6 Å². The van der Waals surface area contributed by atoms with Gasteiger partial charge >= 0.3 is 5.97 Å². The molecule has 2 atom stereocenters. The summed E-state index contributed by atoms with van der Waals surface area (Å²) in [7, 11) is 0. The average Bonchev–Trinajstić information content (AvgIpc) is 3.23. The van der Waals surface area contributed by atoms with Crippen molar-refractivity contribution >= 4 is 34.9 Å². The summed E-state index contributed by atoms with van der Waals surface area (Å²) < 4.78 is 4.94. The van der Waals surface area contributed by atoms with Crippen molar-refractivity contribution in [3.8, 4) is 5.75 Å². The lowest BCUT2D eigenvalue weighted by atomic mass is 9.94. The van der Waals surface area contributed by atoms with E-state index >= 15 is 0 Å². The first-order valence-electron chi connectivity index (χ1n) is 8.51. The lowest BCUT2D eigenvalue weighted by Crippen LogP contribution is -2.33. The third kappa shape index (κ3) is 3.10. The van der Waals surface area contributed by atoms with Crippen molar-refractivity contribution in [2.45, 2.75) is 13.0 Å². The van der Waals surface area contributed by atoms with E-state index in [2.05, 4.69) is 5.16 Å². The SMILES string of the molecule is CC(=O)Oc1ccc(N2C(=O)[C@@H]3C(c4ccc([N+](=O)[O-])cc4)=NO[C@H]3C2=O)cc1. The molecule has 2 amide bonds. The molecule has 4 rings (SSSR count). The molecular weight excluding hydrogens is 382 g/mol. The van der Waals surface area contributed by atoms with Gasteiger partial charge in [-0.1, -0.05) is 5.16 Å². The molecule has 1 fully saturated rings. The highest BCUT2D eigenvalue weighted by Gasteiger charge is 2.56. The largest absolute Gasteiger partial charge is 0.427 e. The fourth-order valence-corrected chi connectivity index (χ4v) is 3.25. The van der Waals surface area contributed by atoms with Crippen LogP contribution in [0.2, 0.25) is 0 Å². The number of nitro groups is 1. The van der Waals surface area contributed by atoms with Gasteiger partial charge in [0, 0.05) is 24.6 Å². The van der Waals surface area contributed by atoms with Crippen LogP contribution < -0.4 is 9.64 Å². The Balaban J connectivity index is 1.60. The van der Waals surface area contributed by atoms with Gasteiger partial charge < -0.3 is 9.57 Å². The molecule has 2 heterocycles. The number of carbonyl (C=O) groups is 3. The Hall–Kier alpha value is -4.08. The molecule has 0 spiro atoms. The number of rotatable bonds is 4. The second kappa shape index (κ2) is 6.82. The number of imide groups is 1. The zero-order valence-electron chi connectivity index (χ0n) is 15.0. The summed E-state index contributed by atoms with van der Waals surface area (Å²) in [6, 6.07) is 11.4. The summed E-state index contributed by atoms with van der Waals surface area (Å²) in [4.78, 5) is 53.2. The summed E-state index contributed by atoms with van der Waals surface area (Å²) in [5.41, 5.74) is 0.892. The number of nitro benzene ring substituents is 1. The summed E-state index contributed by atoms with van der Waals surface area (Å²) in [5.74, 6) is -2.24. The Morgan fingerprint density at radius 3 is 2.34 bits per heavy atom. The third-order valence-electron chi connectivity index (χ3n) is 4.54. The van der Waals surface area contributed by atoms with Crippen molar-refractivity contribution < 1.29 is 28.9 Å². The van der Waals surface area contributed by atoms with E-state index in [0.29, 0.717) is 11.3 Å². The predicted molar refractivity (Wildman–Crippen MR) is 98.2 cm³/mol. The van der Waals surface area contributed by atoms with Gasteiger partial charge in [0.1, 0.15) is 17.4 Å². The Kier molecular flexibility index (Phi) is 4.30. The minimum Gasteiger partial charge on any atom is -0.427 e. The molecule has 2 aromatic rings. The highest BCUT2D eigenvalue weighted by atomic mass is 16.7. The maximum absolute atomic E-state index is 13.0. The summed E-state index contributed by atoms with van der Waals surface area (Å²) in [6.45, 7) is 1.26. The lowest BCUT2D eigenvalue weighted by molar-refractivity contribution is -0.384. The third-order valence-corrected chi connectivity index (χ3v) is 4.54. The molecule has 0 N–H and O–H groups in total. The van der Waals surface area contributed by atoms with E-state index in [1.54, 1.807) is 0 Å². The fourth-order valence-electron chi connectivity index (χ4n) is 3.25. The van der Waals surface area contributed by atoms with Gasteiger partial charge in [-0.2, -0.15) is 0 Å².